The van der Waals surface area contributed by atoms with Gasteiger partial charge in [-0.2, -0.15) is 0 Å². The van der Waals surface area contributed by atoms with Gasteiger partial charge in [0.25, 0.3) is 0 Å². The summed E-state index contributed by atoms with van der Waals surface area (Å²) in [6, 6.07) is 6.35. The third-order valence-corrected chi connectivity index (χ3v) is 5.76. The van der Waals surface area contributed by atoms with Crippen molar-refractivity contribution in [3.05, 3.63) is 45.6 Å². The molecule has 0 unspecified atom stereocenters. The molecule has 0 saturated heterocycles. The number of amides is 1. The highest BCUT2D eigenvalue weighted by molar-refractivity contribution is 5.85. The fraction of sp³-hybridized carbons (Fsp3) is 0.400. The number of hydrogen-bond acceptors (Lipinski definition) is 7. The minimum atomic E-state index is -0.446. The second kappa shape index (κ2) is 10.4. The molecule has 1 aliphatic rings. The summed E-state index contributed by atoms with van der Waals surface area (Å²) in [5.74, 6) is 1.33. The molecule has 2 aromatic rings. The van der Waals surface area contributed by atoms with Gasteiger partial charge in [0.05, 0.1) is 34.5 Å². The molecule has 2 aromatic carbocycles. The molecule has 0 aromatic heterocycles. The lowest BCUT2D eigenvalue weighted by atomic mass is 9.95. The zero-order chi connectivity index (χ0) is 24.1. The van der Waals surface area contributed by atoms with E-state index in [1.54, 1.807) is 26.4 Å². The Morgan fingerprint density at radius 1 is 0.939 bits per heavy atom. The quantitative estimate of drug-likeness (QED) is 0.652. The predicted molar refractivity (Wildman–Crippen MR) is 123 cm³/mol. The van der Waals surface area contributed by atoms with E-state index < -0.39 is 6.04 Å². The summed E-state index contributed by atoms with van der Waals surface area (Å²) in [7, 11) is 6.07. The van der Waals surface area contributed by atoms with Crippen LogP contribution in [-0.2, 0) is 16.0 Å². The first-order valence-electron chi connectivity index (χ1n) is 10.7. The van der Waals surface area contributed by atoms with Crippen molar-refractivity contribution in [2.24, 2.45) is 0 Å². The Balaban J connectivity index is 2.25. The zero-order valence-electron chi connectivity index (χ0n) is 19.6. The van der Waals surface area contributed by atoms with E-state index >= 15 is 0 Å². The van der Waals surface area contributed by atoms with Crippen LogP contribution in [-0.4, -0.2) is 40.1 Å². The Morgan fingerprint density at radius 3 is 2.24 bits per heavy atom. The third kappa shape index (κ3) is 4.94. The molecule has 0 spiro atoms. The van der Waals surface area contributed by atoms with Crippen molar-refractivity contribution >= 4 is 11.7 Å². The number of ether oxygens (including phenoxy) is 4. The van der Waals surface area contributed by atoms with Gasteiger partial charge in [0.15, 0.2) is 17.2 Å². The van der Waals surface area contributed by atoms with E-state index in [4.69, 9.17) is 18.9 Å². The highest BCUT2D eigenvalue weighted by Gasteiger charge is 2.29. The molecular formula is C25H29NO7. The van der Waals surface area contributed by atoms with Gasteiger partial charge in [-0.15, -0.1) is 0 Å². The topological polar surface area (TPSA) is 100 Å². The summed E-state index contributed by atoms with van der Waals surface area (Å²) >= 11 is 0. The molecule has 3 rings (SSSR count). The average Bonchev–Trinajstić information content (AvgIpc) is 3.05. The maximum atomic E-state index is 12.8. The molecule has 1 amide bonds. The van der Waals surface area contributed by atoms with Crippen LogP contribution in [0.1, 0.15) is 43.4 Å². The molecule has 0 aliphatic heterocycles. The van der Waals surface area contributed by atoms with Crippen LogP contribution in [0.4, 0.5) is 0 Å². The van der Waals surface area contributed by atoms with Crippen LogP contribution in [0, 0.1) is 0 Å². The monoisotopic (exact) mass is 455 g/mol. The minimum Gasteiger partial charge on any atom is -0.493 e. The molecule has 176 valence electrons. The van der Waals surface area contributed by atoms with E-state index in [1.807, 2.05) is 6.07 Å². The van der Waals surface area contributed by atoms with Gasteiger partial charge in [-0.3, -0.25) is 9.59 Å². The van der Waals surface area contributed by atoms with Crippen LogP contribution >= 0.6 is 0 Å². The number of methoxy groups -OCH3 is 4. The second-order valence-corrected chi connectivity index (χ2v) is 7.82. The molecular weight excluding hydrogens is 426 g/mol. The first-order chi connectivity index (χ1) is 15.8. The lowest BCUT2D eigenvalue weighted by Crippen LogP contribution is -2.29. The Morgan fingerprint density at radius 2 is 1.64 bits per heavy atom. The summed E-state index contributed by atoms with van der Waals surface area (Å²) in [6.07, 6.45) is 1.38. The number of carbonyl (C=O) groups excluding carboxylic acids is 2. The molecule has 1 atom stereocenters. The number of Topliss-reactive ketones (excluding diaryl/α,β-unsaturated/α-hetero) is 1. The maximum absolute atomic E-state index is 12.8. The van der Waals surface area contributed by atoms with Gasteiger partial charge in [0.1, 0.15) is 5.78 Å². The van der Waals surface area contributed by atoms with Crippen molar-refractivity contribution in [1.82, 2.24) is 5.32 Å². The van der Waals surface area contributed by atoms with Gasteiger partial charge in [-0.25, -0.2) is 0 Å². The number of nitrogens with one attached hydrogen (secondary N) is 1. The number of rotatable bonds is 8. The Bertz CT molecular complexity index is 1130. The van der Waals surface area contributed by atoms with E-state index in [-0.39, 0.29) is 35.7 Å². The van der Waals surface area contributed by atoms with Gasteiger partial charge in [-0.1, -0.05) is 6.07 Å². The normalized spacial score (nSPS) is 14.3. The minimum absolute atomic E-state index is 0.0549. The van der Waals surface area contributed by atoms with Gasteiger partial charge in [0, 0.05) is 18.4 Å². The molecule has 0 saturated carbocycles. The molecule has 8 heteroatoms. The largest absolute Gasteiger partial charge is 0.493 e. The van der Waals surface area contributed by atoms with Gasteiger partial charge in [-0.05, 0) is 54.7 Å². The van der Waals surface area contributed by atoms with Crippen LogP contribution in [0.25, 0.3) is 11.1 Å². The molecule has 1 N–H and O–H groups in total. The predicted octanol–water partition coefficient (Wildman–Crippen LogP) is 3.22. The molecule has 33 heavy (non-hydrogen) atoms. The van der Waals surface area contributed by atoms with Crippen molar-refractivity contribution < 1.29 is 28.5 Å². The summed E-state index contributed by atoms with van der Waals surface area (Å²) in [6.45, 7) is 1.45. The van der Waals surface area contributed by atoms with E-state index in [2.05, 4.69) is 5.32 Å². The van der Waals surface area contributed by atoms with Gasteiger partial charge in [0.2, 0.25) is 17.1 Å². The van der Waals surface area contributed by atoms with Crippen molar-refractivity contribution in [1.29, 1.82) is 0 Å². The molecule has 1 aliphatic carbocycles. The van der Waals surface area contributed by atoms with Crippen molar-refractivity contribution in [3.63, 3.8) is 0 Å². The van der Waals surface area contributed by atoms with Gasteiger partial charge < -0.3 is 29.1 Å². The first-order valence-corrected chi connectivity index (χ1v) is 10.7. The van der Waals surface area contributed by atoms with Crippen molar-refractivity contribution in [3.8, 4) is 34.1 Å². The van der Waals surface area contributed by atoms with E-state index in [0.29, 0.717) is 35.7 Å². The number of aryl methyl sites for hydroxylation is 1. The zero-order valence-corrected chi connectivity index (χ0v) is 19.6. The smallest absolute Gasteiger partial charge is 0.220 e. The lowest BCUT2D eigenvalue weighted by Gasteiger charge is -2.20. The molecule has 0 bridgehead atoms. The van der Waals surface area contributed by atoms with E-state index in [0.717, 1.165) is 16.7 Å². The molecule has 0 fully saturated rings. The lowest BCUT2D eigenvalue weighted by molar-refractivity contribution is -0.125. The van der Waals surface area contributed by atoms with E-state index in [9.17, 15) is 14.4 Å². The first kappa shape index (κ1) is 24.1. The van der Waals surface area contributed by atoms with Crippen LogP contribution in [0.5, 0.6) is 23.0 Å². The number of hydrogen-bond donors (Lipinski definition) is 1. The molecule has 8 nitrogen and oxygen atoms in total. The standard InChI is InChI=1S/C25H29NO7/c1-14(27)6-11-22(29)26-18-9-7-15-12-21(31-3)24(32-4)25(33-5)23(15)16-8-10-20(30-2)19(28)13-17(16)18/h8,10,12-13,18H,6-7,9,11H2,1-5H3,(H,26,29)/t18-/m0/s1. The van der Waals surface area contributed by atoms with Crippen LogP contribution < -0.4 is 29.7 Å². The van der Waals surface area contributed by atoms with Crippen molar-refractivity contribution in [2.75, 3.05) is 28.4 Å². The number of ketones is 1. The van der Waals surface area contributed by atoms with Crippen LogP contribution in [0.3, 0.4) is 0 Å². The Hall–Kier alpha value is -3.55. The Kier molecular flexibility index (Phi) is 7.58. The van der Waals surface area contributed by atoms with Gasteiger partial charge >= 0.3 is 0 Å². The molecule has 0 radical (unpaired) electrons. The Labute approximate surface area is 192 Å². The average molecular weight is 456 g/mol. The third-order valence-electron chi connectivity index (χ3n) is 5.76. The highest BCUT2D eigenvalue weighted by atomic mass is 16.5. The fourth-order valence-corrected chi connectivity index (χ4v) is 4.17. The maximum Gasteiger partial charge on any atom is 0.220 e. The number of carbonyl (C=O) groups is 2. The summed E-state index contributed by atoms with van der Waals surface area (Å²) in [5.41, 5.74) is 2.76. The molecule has 0 heterocycles. The number of benzene rings is 1. The van der Waals surface area contributed by atoms with Crippen LogP contribution in [0.2, 0.25) is 0 Å². The summed E-state index contributed by atoms with van der Waals surface area (Å²) < 4.78 is 22.1. The van der Waals surface area contributed by atoms with Crippen LogP contribution in [0.15, 0.2) is 29.1 Å². The van der Waals surface area contributed by atoms with E-state index in [1.165, 1.54) is 27.2 Å². The SMILES string of the molecule is COc1cc2c(c(OC)c1OC)-c1ccc(OC)c(=O)cc1[C@@H](NC(=O)CCC(C)=O)CC2. The summed E-state index contributed by atoms with van der Waals surface area (Å²) in [4.78, 5) is 36.7. The summed E-state index contributed by atoms with van der Waals surface area (Å²) in [5, 5.41) is 3.00. The second-order valence-electron chi connectivity index (χ2n) is 7.82. The van der Waals surface area contributed by atoms with Crippen molar-refractivity contribution in [2.45, 2.75) is 38.6 Å². The fourth-order valence-electron chi connectivity index (χ4n) is 4.17. The number of fused-ring (bicyclic) bond motifs is 3. The highest BCUT2D eigenvalue weighted by Crippen LogP contribution is 2.50.